The molecule has 0 aromatic heterocycles. The van der Waals surface area contributed by atoms with E-state index >= 15 is 0 Å². The minimum absolute atomic E-state index is 0.390. The Hall–Kier alpha value is -0.0800. The molecule has 0 aromatic carbocycles. The summed E-state index contributed by atoms with van der Waals surface area (Å²) < 4.78 is 5.74. The van der Waals surface area contributed by atoms with E-state index < -0.39 is 0 Å². The summed E-state index contributed by atoms with van der Waals surface area (Å²) in [5.74, 6) is 0. The molecule has 0 bridgehead atoms. The van der Waals surface area contributed by atoms with E-state index in [0.29, 0.717) is 12.1 Å². The number of nitrogens with one attached hydrogen (secondary N) is 1. The smallest absolute Gasteiger partial charge is 0.0725 e. The Balaban J connectivity index is 3.76. The van der Waals surface area contributed by atoms with Gasteiger partial charge in [0.1, 0.15) is 0 Å². The third-order valence-electron chi connectivity index (χ3n) is 2.97. The predicted molar refractivity (Wildman–Crippen MR) is 67.3 cm³/mol. The maximum atomic E-state index is 5.74. The summed E-state index contributed by atoms with van der Waals surface area (Å²) in [6.07, 6.45) is 8.10. The van der Waals surface area contributed by atoms with E-state index in [-0.39, 0.29) is 0 Å². The lowest BCUT2D eigenvalue weighted by molar-refractivity contribution is 0.0310. The van der Waals surface area contributed by atoms with E-state index in [2.05, 4.69) is 26.1 Å². The van der Waals surface area contributed by atoms with Gasteiger partial charge < -0.3 is 10.1 Å². The first-order valence-corrected chi connectivity index (χ1v) is 6.58. The van der Waals surface area contributed by atoms with Crippen molar-refractivity contribution < 1.29 is 4.74 Å². The van der Waals surface area contributed by atoms with Gasteiger partial charge in [-0.2, -0.15) is 0 Å². The van der Waals surface area contributed by atoms with Crippen LogP contribution in [0.25, 0.3) is 0 Å². The van der Waals surface area contributed by atoms with Crippen LogP contribution in [0.1, 0.15) is 59.3 Å². The van der Waals surface area contributed by atoms with Crippen molar-refractivity contribution in [2.45, 2.75) is 71.4 Å². The Morgan fingerprint density at radius 2 is 1.80 bits per heavy atom. The Labute approximate surface area is 95.8 Å². The Morgan fingerprint density at radius 1 is 1.07 bits per heavy atom. The molecule has 0 fully saturated rings. The number of unbranched alkanes of at least 4 members (excludes halogenated alkanes) is 3. The van der Waals surface area contributed by atoms with Crippen molar-refractivity contribution in [1.82, 2.24) is 5.32 Å². The maximum Gasteiger partial charge on any atom is 0.0725 e. The van der Waals surface area contributed by atoms with Gasteiger partial charge in [0.15, 0.2) is 0 Å². The fourth-order valence-corrected chi connectivity index (χ4v) is 2.04. The molecule has 0 aliphatic rings. The normalized spacial score (nSPS) is 15.2. The lowest BCUT2D eigenvalue weighted by Gasteiger charge is -2.25. The lowest BCUT2D eigenvalue weighted by atomic mass is 10.0. The van der Waals surface area contributed by atoms with Crippen LogP contribution in [0.15, 0.2) is 0 Å². The molecule has 1 N–H and O–H groups in total. The zero-order chi connectivity index (χ0) is 11.5. The summed E-state index contributed by atoms with van der Waals surface area (Å²) in [5.41, 5.74) is 0. The zero-order valence-electron chi connectivity index (χ0n) is 11.0. The van der Waals surface area contributed by atoms with Gasteiger partial charge in [-0.3, -0.25) is 0 Å². The molecule has 0 heterocycles. The topological polar surface area (TPSA) is 21.3 Å². The minimum atomic E-state index is 0.390. The van der Waals surface area contributed by atoms with Gasteiger partial charge in [-0.15, -0.1) is 0 Å². The predicted octanol–water partition coefficient (Wildman–Crippen LogP) is 3.36. The van der Waals surface area contributed by atoms with Crippen LogP contribution in [0.3, 0.4) is 0 Å². The summed E-state index contributed by atoms with van der Waals surface area (Å²) in [6.45, 7) is 7.36. The van der Waals surface area contributed by atoms with Gasteiger partial charge >= 0.3 is 0 Å². The van der Waals surface area contributed by atoms with Crippen molar-refractivity contribution in [3.63, 3.8) is 0 Å². The van der Waals surface area contributed by atoms with Gasteiger partial charge in [0.2, 0.25) is 0 Å². The second-order valence-electron chi connectivity index (χ2n) is 4.15. The van der Waals surface area contributed by atoms with Gasteiger partial charge in [0.05, 0.1) is 6.10 Å². The monoisotopic (exact) mass is 215 g/mol. The molecule has 2 nitrogen and oxygen atoms in total. The molecule has 0 aromatic rings. The number of ether oxygens (including phenoxy) is 1. The minimum Gasteiger partial charge on any atom is -0.377 e. The highest BCUT2D eigenvalue weighted by Crippen LogP contribution is 2.12. The van der Waals surface area contributed by atoms with E-state index in [9.17, 15) is 0 Å². The molecule has 2 unspecified atom stereocenters. The van der Waals surface area contributed by atoms with Crippen LogP contribution in [0.5, 0.6) is 0 Å². The van der Waals surface area contributed by atoms with Crippen LogP contribution in [0, 0.1) is 0 Å². The summed E-state index contributed by atoms with van der Waals surface area (Å²) in [5, 5.41) is 3.39. The molecule has 0 radical (unpaired) electrons. The van der Waals surface area contributed by atoms with E-state index in [1.165, 1.54) is 32.1 Å². The zero-order valence-corrected chi connectivity index (χ0v) is 11.0. The summed E-state index contributed by atoms with van der Waals surface area (Å²) in [4.78, 5) is 0. The van der Waals surface area contributed by atoms with Crippen molar-refractivity contribution in [3.8, 4) is 0 Å². The first-order valence-electron chi connectivity index (χ1n) is 6.58. The molecule has 92 valence electrons. The molecule has 0 saturated carbocycles. The molecule has 0 aliphatic carbocycles. The van der Waals surface area contributed by atoms with Crippen molar-refractivity contribution in [2.75, 3.05) is 13.7 Å². The number of hydrogen-bond acceptors (Lipinski definition) is 2. The number of hydrogen-bond donors (Lipinski definition) is 1. The Morgan fingerprint density at radius 3 is 2.27 bits per heavy atom. The van der Waals surface area contributed by atoms with Gasteiger partial charge in [-0.25, -0.2) is 0 Å². The third-order valence-corrected chi connectivity index (χ3v) is 2.97. The van der Waals surface area contributed by atoms with E-state index in [4.69, 9.17) is 4.74 Å². The van der Waals surface area contributed by atoms with E-state index in [1.807, 2.05) is 7.05 Å². The summed E-state index contributed by atoms with van der Waals surface area (Å²) in [6, 6.07) is 0.534. The van der Waals surface area contributed by atoms with Crippen LogP contribution < -0.4 is 5.32 Å². The fourth-order valence-electron chi connectivity index (χ4n) is 2.04. The Kier molecular flexibility index (Phi) is 10.4. The van der Waals surface area contributed by atoms with Crippen molar-refractivity contribution in [3.05, 3.63) is 0 Å². The van der Waals surface area contributed by atoms with Crippen LogP contribution in [-0.2, 0) is 4.74 Å². The van der Waals surface area contributed by atoms with Crippen LogP contribution in [0.2, 0.25) is 0 Å². The highest BCUT2D eigenvalue weighted by atomic mass is 16.5. The first kappa shape index (κ1) is 14.9. The van der Waals surface area contributed by atoms with Crippen molar-refractivity contribution in [1.29, 1.82) is 0 Å². The second-order valence-corrected chi connectivity index (χ2v) is 4.15. The van der Waals surface area contributed by atoms with Gasteiger partial charge in [0.25, 0.3) is 0 Å². The first-order chi connectivity index (χ1) is 7.29. The van der Waals surface area contributed by atoms with Gasteiger partial charge in [0, 0.05) is 12.6 Å². The average molecular weight is 215 g/mol. The highest BCUT2D eigenvalue weighted by Gasteiger charge is 2.17. The van der Waals surface area contributed by atoms with E-state index in [0.717, 1.165) is 13.0 Å². The molecule has 15 heavy (non-hydrogen) atoms. The molecule has 0 rings (SSSR count). The van der Waals surface area contributed by atoms with Crippen LogP contribution >= 0.6 is 0 Å². The van der Waals surface area contributed by atoms with Crippen molar-refractivity contribution >= 4 is 0 Å². The molecule has 0 saturated heterocycles. The molecule has 0 spiro atoms. The molecular weight excluding hydrogens is 186 g/mol. The largest absolute Gasteiger partial charge is 0.377 e. The molecule has 2 atom stereocenters. The maximum absolute atomic E-state index is 5.74. The molecular formula is C13H29NO. The summed E-state index contributed by atoms with van der Waals surface area (Å²) >= 11 is 0. The second kappa shape index (κ2) is 10.4. The lowest BCUT2D eigenvalue weighted by Crippen LogP contribution is -2.39. The number of rotatable bonds is 10. The molecule has 2 heteroatoms. The van der Waals surface area contributed by atoms with Gasteiger partial charge in [-0.1, -0.05) is 39.5 Å². The van der Waals surface area contributed by atoms with Crippen LogP contribution in [-0.4, -0.2) is 25.8 Å². The van der Waals surface area contributed by atoms with Crippen molar-refractivity contribution in [2.24, 2.45) is 0 Å². The Bertz CT molecular complexity index is 128. The standard InChI is InChI=1S/C13H29NO/c1-5-8-9-10-11-12(14-4)13(6-2)15-7-3/h12-14H,5-11H2,1-4H3. The third kappa shape index (κ3) is 6.91. The average Bonchev–Trinajstić information content (AvgIpc) is 2.27. The molecule has 0 amide bonds. The van der Waals surface area contributed by atoms with Gasteiger partial charge in [-0.05, 0) is 26.8 Å². The fraction of sp³-hybridized carbons (Fsp3) is 1.00. The molecule has 0 aliphatic heterocycles. The quantitative estimate of drug-likeness (QED) is 0.564. The van der Waals surface area contributed by atoms with Crippen LogP contribution in [0.4, 0.5) is 0 Å². The van der Waals surface area contributed by atoms with E-state index in [1.54, 1.807) is 0 Å². The highest BCUT2D eigenvalue weighted by molar-refractivity contribution is 4.74. The SMILES string of the molecule is CCCCCCC(NC)C(CC)OCC. The number of likely N-dealkylation sites (N-methyl/N-ethyl adjacent to an activating group) is 1. The summed E-state index contributed by atoms with van der Waals surface area (Å²) in [7, 11) is 2.05.